The van der Waals surface area contributed by atoms with Crippen molar-refractivity contribution in [1.82, 2.24) is 5.48 Å². The summed E-state index contributed by atoms with van der Waals surface area (Å²) in [4.78, 5) is 4.99. The lowest BCUT2D eigenvalue weighted by Crippen LogP contribution is -2.27. The molecule has 0 amide bonds. The number of hydroxylamine groups is 1. The first kappa shape index (κ1) is 9.66. The molecule has 1 N–H and O–H groups in total. The van der Waals surface area contributed by atoms with Crippen LogP contribution in [-0.2, 0) is 4.84 Å². The Morgan fingerprint density at radius 2 is 2.10 bits per heavy atom. The minimum absolute atomic E-state index is 0.279. The smallest absolute Gasteiger partial charge is 0.0861 e. The summed E-state index contributed by atoms with van der Waals surface area (Å²) in [6.07, 6.45) is 1.72. The van der Waals surface area contributed by atoms with E-state index in [-0.39, 0.29) is 5.41 Å². The third-order valence-corrected chi connectivity index (χ3v) is 0.906. The molecule has 0 aliphatic carbocycles. The van der Waals surface area contributed by atoms with Crippen LogP contribution in [0.2, 0.25) is 0 Å². The first-order valence-electron chi connectivity index (χ1n) is 3.52. The predicted molar refractivity (Wildman–Crippen MR) is 43.6 cm³/mol. The summed E-state index contributed by atoms with van der Waals surface area (Å²) in [6.45, 7) is 11.4. The second kappa shape index (κ2) is 4.47. The van der Waals surface area contributed by atoms with E-state index in [9.17, 15) is 0 Å². The van der Waals surface area contributed by atoms with Crippen molar-refractivity contribution < 1.29 is 4.84 Å². The van der Waals surface area contributed by atoms with Crippen molar-refractivity contribution in [2.75, 3.05) is 13.2 Å². The molecule has 0 bridgehead atoms. The number of hydrogen-bond donors (Lipinski definition) is 1. The van der Waals surface area contributed by atoms with Gasteiger partial charge in [0.15, 0.2) is 0 Å². The molecule has 0 radical (unpaired) electrons. The molecule has 0 aromatic rings. The van der Waals surface area contributed by atoms with Crippen molar-refractivity contribution in [2.24, 2.45) is 5.41 Å². The van der Waals surface area contributed by atoms with Gasteiger partial charge in [0.2, 0.25) is 0 Å². The van der Waals surface area contributed by atoms with Gasteiger partial charge in [0.1, 0.15) is 0 Å². The third-order valence-electron chi connectivity index (χ3n) is 0.906. The first-order chi connectivity index (χ1) is 4.56. The van der Waals surface area contributed by atoms with E-state index in [0.29, 0.717) is 6.61 Å². The zero-order chi connectivity index (χ0) is 8.04. The second-order valence-corrected chi connectivity index (χ2v) is 3.48. The van der Waals surface area contributed by atoms with Crippen LogP contribution in [0.1, 0.15) is 20.8 Å². The van der Waals surface area contributed by atoms with Crippen LogP contribution in [0.4, 0.5) is 0 Å². The average molecular weight is 143 g/mol. The van der Waals surface area contributed by atoms with Crippen LogP contribution in [-0.4, -0.2) is 13.2 Å². The van der Waals surface area contributed by atoms with E-state index in [4.69, 9.17) is 4.84 Å². The summed E-state index contributed by atoms with van der Waals surface area (Å²) in [5, 5.41) is 0. The van der Waals surface area contributed by atoms with Gasteiger partial charge in [0.25, 0.3) is 0 Å². The molecule has 2 nitrogen and oxygen atoms in total. The molecule has 2 heteroatoms. The van der Waals surface area contributed by atoms with E-state index in [0.717, 1.165) is 6.54 Å². The van der Waals surface area contributed by atoms with Crippen molar-refractivity contribution in [3.8, 4) is 0 Å². The van der Waals surface area contributed by atoms with Crippen molar-refractivity contribution in [3.05, 3.63) is 12.7 Å². The largest absolute Gasteiger partial charge is 0.298 e. The number of nitrogens with one attached hydrogen (secondary N) is 1. The van der Waals surface area contributed by atoms with E-state index >= 15 is 0 Å². The summed E-state index contributed by atoms with van der Waals surface area (Å²) in [5.41, 5.74) is 3.13. The highest BCUT2D eigenvalue weighted by Crippen LogP contribution is 2.09. The van der Waals surface area contributed by atoms with Crippen molar-refractivity contribution in [2.45, 2.75) is 20.8 Å². The maximum absolute atomic E-state index is 4.99. The van der Waals surface area contributed by atoms with Gasteiger partial charge in [-0.15, -0.1) is 6.58 Å². The van der Waals surface area contributed by atoms with Gasteiger partial charge < -0.3 is 0 Å². The van der Waals surface area contributed by atoms with Gasteiger partial charge in [0.05, 0.1) is 6.61 Å². The molecule has 60 valence electrons. The van der Waals surface area contributed by atoms with Crippen molar-refractivity contribution >= 4 is 0 Å². The Labute approximate surface area is 63.2 Å². The highest BCUT2D eigenvalue weighted by atomic mass is 16.6. The lowest BCUT2D eigenvalue weighted by atomic mass is 9.98. The zero-order valence-corrected chi connectivity index (χ0v) is 7.11. The third kappa shape index (κ3) is 7.66. The van der Waals surface area contributed by atoms with E-state index in [1.165, 1.54) is 0 Å². The van der Waals surface area contributed by atoms with Crippen LogP contribution in [0.5, 0.6) is 0 Å². The van der Waals surface area contributed by atoms with Crippen LogP contribution in [0.15, 0.2) is 12.7 Å². The molecule has 0 rings (SSSR count). The summed E-state index contributed by atoms with van der Waals surface area (Å²) in [6, 6.07) is 0. The van der Waals surface area contributed by atoms with Gasteiger partial charge in [-0.2, -0.15) is 0 Å². The Hall–Kier alpha value is -0.340. The fraction of sp³-hybridized carbons (Fsp3) is 0.750. The number of hydrogen-bond acceptors (Lipinski definition) is 2. The molecular weight excluding hydrogens is 126 g/mol. The first-order valence-corrected chi connectivity index (χ1v) is 3.52. The van der Waals surface area contributed by atoms with Crippen LogP contribution in [0.3, 0.4) is 0 Å². The lowest BCUT2D eigenvalue weighted by molar-refractivity contribution is 0.0429. The Kier molecular flexibility index (Phi) is 4.32. The molecule has 0 aromatic heterocycles. The standard InChI is InChI=1S/C8H17NO/c1-5-6-10-9-7-8(2,3)4/h5,9H,1,6-7H2,2-4H3. The van der Waals surface area contributed by atoms with E-state index < -0.39 is 0 Å². The summed E-state index contributed by atoms with van der Waals surface area (Å²) in [7, 11) is 0. The molecule has 0 fully saturated rings. The van der Waals surface area contributed by atoms with Crippen LogP contribution in [0.25, 0.3) is 0 Å². The lowest BCUT2D eigenvalue weighted by Gasteiger charge is -2.17. The van der Waals surface area contributed by atoms with Crippen LogP contribution in [0, 0.1) is 5.41 Å². The molecule has 0 saturated carbocycles. The normalized spacial score (nSPS) is 11.5. The highest BCUT2D eigenvalue weighted by molar-refractivity contribution is 4.64. The van der Waals surface area contributed by atoms with Crippen molar-refractivity contribution in [1.29, 1.82) is 0 Å². The molecule has 0 aromatic carbocycles. The molecule has 0 spiro atoms. The molecule has 10 heavy (non-hydrogen) atoms. The molecule has 0 heterocycles. The van der Waals surface area contributed by atoms with Gasteiger partial charge in [-0.3, -0.25) is 4.84 Å². The van der Waals surface area contributed by atoms with E-state index in [2.05, 4.69) is 32.8 Å². The molecule has 0 saturated heterocycles. The fourth-order valence-corrected chi connectivity index (χ4v) is 0.385. The second-order valence-electron chi connectivity index (χ2n) is 3.48. The predicted octanol–water partition coefficient (Wildman–Crippen LogP) is 1.74. The van der Waals surface area contributed by atoms with Gasteiger partial charge in [-0.05, 0) is 5.41 Å². The summed E-state index contributed by atoms with van der Waals surface area (Å²) < 4.78 is 0. The van der Waals surface area contributed by atoms with E-state index in [1.54, 1.807) is 6.08 Å². The molecule has 0 atom stereocenters. The Balaban J connectivity index is 3.12. The van der Waals surface area contributed by atoms with Crippen LogP contribution >= 0.6 is 0 Å². The van der Waals surface area contributed by atoms with Gasteiger partial charge in [-0.1, -0.05) is 26.8 Å². The van der Waals surface area contributed by atoms with Gasteiger partial charge >= 0.3 is 0 Å². The monoisotopic (exact) mass is 143 g/mol. The van der Waals surface area contributed by atoms with Gasteiger partial charge in [-0.25, -0.2) is 5.48 Å². The van der Waals surface area contributed by atoms with Gasteiger partial charge in [0, 0.05) is 6.54 Å². The summed E-state index contributed by atoms with van der Waals surface area (Å²) >= 11 is 0. The summed E-state index contributed by atoms with van der Waals surface area (Å²) in [5.74, 6) is 0. The van der Waals surface area contributed by atoms with Crippen molar-refractivity contribution in [3.63, 3.8) is 0 Å². The molecule has 0 aliphatic rings. The topological polar surface area (TPSA) is 21.3 Å². The zero-order valence-electron chi connectivity index (χ0n) is 7.11. The maximum Gasteiger partial charge on any atom is 0.0861 e. The Morgan fingerprint density at radius 3 is 2.50 bits per heavy atom. The minimum Gasteiger partial charge on any atom is -0.298 e. The number of rotatable bonds is 4. The average Bonchev–Trinajstić information content (AvgIpc) is 1.78. The van der Waals surface area contributed by atoms with E-state index in [1.807, 2.05) is 0 Å². The van der Waals surface area contributed by atoms with Crippen LogP contribution < -0.4 is 5.48 Å². The fourth-order valence-electron chi connectivity index (χ4n) is 0.385. The molecular formula is C8H17NO. The Bertz CT molecular complexity index is 93.9. The maximum atomic E-state index is 4.99. The Morgan fingerprint density at radius 1 is 1.50 bits per heavy atom. The quantitative estimate of drug-likeness (QED) is 0.368. The minimum atomic E-state index is 0.279. The SMILES string of the molecule is C=CCONCC(C)(C)C. The highest BCUT2D eigenvalue weighted by Gasteiger charge is 2.08. The molecule has 0 unspecified atom stereocenters. The molecule has 0 aliphatic heterocycles.